The lowest BCUT2D eigenvalue weighted by atomic mass is 10.2. The maximum atomic E-state index is 2.39. The van der Waals surface area contributed by atoms with Gasteiger partial charge in [0.15, 0.2) is 0 Å². The summed E-state index contributed by atoms with van der Waals surface area (Å²) < 4.78 is 1.38. The molecule has 2 heteroatoms. The van der Waals surface area contributed by atoms with Crippen LogP contribution in [0.25, 0.3) is 0 Å². The predicted octanol–water partition coefficient (Wildman–Crippen LogP) is 3.54. The smallest absolute Gasteiger partial charge is 0.0194 e. The Hall–Kier alpha value is 0.300. The van der Waals surface area contributed by atoms with Crippen molar-refractivity contribution in [2.75, 3.05) is 5.75 Å². The lowest BCUT2D eigenvalue weighted by Crippen LogP contribution is -1.84. The first kappa shape index (κ1) is 9.39. The van der Waals surface area contributed by atoms with Gasteiger partial charge < -0.3 is 0 Å². The van der Waals surface area contributed by atoms with E-state index in [4.69, 9.17) is 0 Å². The first-order valence-electron chi connectivity index (χ1n) is 3.65. The van der Waals surface area contributed by atoms with Gasteiger partial charge in [-0.05, 0) is 40.0 Å². The zero-order chi connectivity index (χ0) is 8.10. The lowest BCUT2D eigenvalue weighted by molar-refractivity contribution is 1.36. The fraction of sp³-hybridized carbons (Fsp3) is 0.333. The number of benzene rings is 1. The Labute approximate surface area is 85.9 Å². The van der Waals surface area contributed by atoms with Crippen molar-refractivity contribution in [1.82, 2.24) is 0 Å². The molecule has 60 valence electrons. The number of hydrogen-bond donors (Lipinski definition) is 0. The summed E-state index contributed by atoms with van der Waals surface area (Å²) in [6.07, 6.45) is 0. The fourth-order valence-electron chi connectivity index (χ4n) is 0.827. The van der Waals surface area contributed by atoms with E-state index in [-0.39, 0.29) is 0 Å². The number of rotatable bonds is 3. The minimum atomic E-state index is 1.15. The van der Waals surface area contributed by atoms with Crippen LogP contribution in [0, 0.1) is 3.57 Å². The molecular formula is C9H11IS. The normalized spacial score (nSPS) is 10.0. The highest BCUT2D eigenvalue weighted by Crippen LogP contribution is 2.17. The number of halogens is 1. The molecule has 0 aliphatic rings. The van der Waals surface area contributed by atoms with Crippen molar-refractivity contribution < 1.29 is 0 Å². The molecule has 0 atom stereocenters. The first-order chi connectivity index (χ1) is 5.34. The minimum Gasteiger partial charge on any atom is -0.157 e. The molecular weight excluding hydrogens is 267 g/mol. The zero-order valence-corrected chi connectivity index (χ0v) is 9.48. The maximum Gasteiger partial charge on any atom is 0.0194 e. The van der Waals surface area contributed by atoms with Crippen LogP contribution in [-0.2, 0) is 5.75 Å². The van der Waals surface area contributed by atoms with Crippen molar-refractivity contribution in [3.63, 3.8) is 0 Å². The van der Waals surface area contributed by atoms with Gasteiger partial charge in [-0.25, -0.2) is 0 Å². The Bertz CT molecular complexity index is 223. The van der Waals surface area contributed by atoms with Crippen molar-refractivity contribution in [2.24, 2.45) is 0 Å². The largest absolute Gasteiger partial charge is 0.157 e. The third-order valence-corrected chi connectivity index (χ3v) is 3.40. The average molecular weight is 278 g/mol. The Morgan fingerprint density at radius 2 is 2.09 bits per heavy atom. The van der Waals surface area contributed by atoms with Gasteiger partial charge in [0.1, 0.15) is 0 Å². The second-order valence-corrected chi connectivity index (χ2v) is 4.67. The Balaban J connectivity index is 2.62. The monoisotopic (exact) mass is 278 g/mol. The highest BCUT2D eigenvalue weighted by Gasteiger charge is 1.95. The summed E-state index contributed by atoms with van der Waals surface area (Å²) in [5.74, 6) is 2.35. The van der Waals surface area contributed by atoms with Gasteiger partial charge >= 0.3 is 0 Å². The summed E-state index contributed by atoms with van der Waals surface area (Å²) in [6.45, 7) is 2.19. The second-order valence-electron chi connectivity index (χ2n) is 2.23. The topological polar surface area (TPSA) is 0 Å². The maximum absolute atomic E-state index is 2.39. The van der Waals surface area contributed by atoms with Crippen molar-refractivity contribution in [2.45, 2.75) is 12.7 Å². The lowest BCUT2D eigenvalue weighted by Gasteiger charge is -2.01. The van der Waals surface area contributed by atoms with Crippen LogP contribution in [0.5, 0.6) is 0 Å². The fourth-order valence-corrected chi connectivity index (χ4v) is 2.34. The molecule has 0 saturated carbocycles. The molecule has 0 saturated heterocycles. The molecule has 1 aromatic carbocycles. The molecule has 0 nitrogen and oxygen atoms in total. The van der Waals surface area contributed by atoms with Gasteiger partial charge in [0.05, 0.1) is 0 Å². The van der Waals surface area contributed by atoms with Crippen LogP contribution in [0.1, 0.15) is 12.5 Å². The zero-order valence-electron chi connectivity index (χ0n) is 6.51. The van der Waals surface area contributed by atoms with Crippen LogP contribution in [-0.4, -0.2) is 5.75 Å². The Morgan fingerprint density at radius 1 is 1.36 bits per heavy atom. The summed E-state index contributed by atoms with van der Waals surface area (Å²) in [5.41, 5.74) is 1.46. The van der Waals surface area contributed by atoms with Gasteiger partial charge in [-0.15, -0.1) is 0 Å². The van der Waals surface area contributed by atoms with Crippen LogP contribution >= 0.6 is 34.4 Å². The van der Waals surface area contributed by atoms with E-state index in [1.165, 1.54) is 14.9 Å². The van der Waals surface area contributed by atoms with Crippen LogP contribution in [0.3, 0.4) is 0 Å². The summed E-state index contributed by atoms with van der Waals surface area (Å²) in [4.78, 5) is 0. The molecule has 0 N–H and O–H groups in total. The van der Waals surface area contributed by atoms with E-state index in [1.807, 2.05) is 11.8 Å². The molecule has 0 aromatic heterocycles. The molecule has 0 heterocycles. The van der Waals surface area contributed by atoms with Crippen LogP contribution in [0.15, 0.2) is 24.3 Å². The van der Waals surface area contributed by atoms with Gasteiger partial charge in [-0.1, -0.05) is 25.1 Å². The van der Waals surface area contributed by atoms with E-state index >= 15 is 0 Å². The molecule has 0 aliphatic heterocycles. The third kappa shape index (κ3) is 3.03. The molecule has 0 aliphatic carbocycles. The van der Waals surface area contributed by atoms with Gasteiger partial charge in [0.25, 0.3) is 0 Å². The molecule has 11 heavy (non-hydrogen) atoms. The van der Waals surface area contributed by atoms with Crippen molar-refractivity contribution in [3.05, 3.63) is 33.4 Å². The van der Waals surface area contributed by atoms with E-state index in [0.717, 1.165) is 5.75 Å². The molecule has 0 unspecified atom stereocenters. The van der Waals surface area contributed by atoms with Gasteiger partial charge in [-0.3, -0.25) is 0 Å². The van der Waals surface area contributed by atoms with Crippen molar-refractivity contribution >= 4 is 34.4 Å². The molecule has 0 amide bonds. The molecule has 0 bridgehead atoms. The second kappa shape index (κ2) is 5.04. The standard InChI is InChI=1S/C9H11IS/c1-2-11-7-8-5-3-4-6-9(8)10/h3-6H,2,7H2,1H3. The van der Waals surface area contributed by atoms with Gasteiger partial charge in [0, 0.05) is 9.32 Å². The highest BCUT2D eigenvalue weighted by molar-refractivity contribution is 14.1. The van der Waals surface area contributed by atoms with Crippen molar-refractivity contribution in [1.29, 1.82) is 0 Å². The van der Waals surface area contributed by atoms with E-state index in [2.05, 4.69) is 53.8 Å². The minimum absolute atomic E-state index is 1.15. The summed E-state index contributed by atoms with van der Waals surface area (Å²) in [5, 5.41) is 0. The summed E-state index contributed by atoms with van der Waals surface area (Å²) >= 11 is 4.36. The van der Waals surface area contributed by atoms with Gasteiger partial charge in [-0.2, -0.15) is 11.8 Å². The molecule has 1 rings (SSSR count). The third-order valence-electron chi connectivity index (χ3n) is 1.42. The predicted molar refractivity (Wildman–Crippen MR) is 61.0 cm³/mol. The van der Waals surface area contributed by atoms with E-state index in [1.54, 1.807) is 0 Å². The van der Waals surface area contributed by atoms with Gasteiger partial charge in [0.2, 0.25) is 0 Å². The number of hydrogen-bond acceptors (Lipinski definition) is 1. The van der Waals surface area contributed by atoms with Crippen LogP contribution < -0.4 is 0 Å². The molecule has 1 aromatic rings. The average Bonchev–Trinajstić information content (AvgIpc) is 2.03. The first-order valence-corrected chi connectivity index (χ1v) is 5.89. The van der Waals surface area contributed by atoms with E-state index in [0.29, 0.717) is 0 Å². The Morgan fingerprint density at radius 3 is 2.73 bits per heavy atom. The van der Waals surface area contributed by atoms with Crippen LogP contribution in [0.2, 0.25) is 0 Å². The SMILES string of the molecule is CCSCc1ccccc1I. The summed E-state index contributed by atoms with van der Waals surface area (Å²) in [6, 6.07) is 8.55. The Kier molecular flexibility index (Phi) is 4.30. The molecule has 0 spiro atoms. The van der Waals surface area contributed by atoms with E-state index in [9.17, 15) is 0 Å². The summed E-state index contributed by atoms with van der Waals surface area (Å²) in [7, 11) is 0. The van der Waals surface area contributed by atoms with E-state index < -0.39 is 0 Å². The highest BCUT2D eigenvalue weighted by atomic mass is 127. The molecule has 0 fully saturated rings. The van der Waals surface area contributed by atoms with Crippen LogP contribution in [0.4, 0.5) is 0 Å². The molecule has 0 radical (unpaired) electrons. The quantitative estimate of drug-likeness (QED) is 0.762. The number of thioether (sulfide) groups is 1. The van der Waals surface area contributed by atoms with Crippen molar-refractivity contribution in [3.8, 4) is 0 Å².